The van der Waals surface area contributed by atoms with Crippen molar-refractivity contribution < 1.29 is 18.8 Å². The van der Waals surface area contributed by atoms with Crippen LogP contribution in [0.1, 0.15) is 12.5 Å². The van der Waals surface area contributed by atoms with Gasteiger partial charge in [-0.05, 0) is 49.4 Å². The number of methoxy groups -OCH3 is 1. The Morgan fingerprint density at radius 2 is 1.96 bits per heavy atom. The molecule has 2 rings (SSSR count). The second-order valence-electron chi connectivity index (χ2n) is 5.48. The molecule has 0 heterocycles. The Bertz CT molecular complexity index is 692. The zero-order valence-corrected chi connectivity index (χ0v) is 14.5. The molecule has 2 N–H and O–H groups in total. The number of benzene rings is 2. The third kappa shape index (κ3) is 5.22. The number of hydrogen-bond donors (Lipinski definition) is 2. The van der Waals surface area contributed by atoms with Crippen LogP contribution in [0.5, 0.6) is 5.75 Å². The van der Waals surface area contributed by atoms with E-state index in [1.807, 2.05) is 13.0 Å². The topological polar surface area (TPSA) is 42.8 Å². The lowest BCUT2D eigenvalue weighted by Gasteiger charge is -2.17. The summed E-state index contributed by atoms with van der Waals surface area (Å²) in [7, 11) is 1.43. The van der Waals surface area contributed by atoms with Gasteiger partial charge in [-0.25, -0.2) is 4.39 Å². The highest BCUT2D eigenvalue weighted by molar-refractivity contribution is 6.30. The van der Waals surface area contributed by atoms with Crippen LogP contribution in [-0.2, 0) is 11.3 Å². The van der Waals surface area contributed by atoms with Crippen molar-refractivity contribution in [3.8, 4) is 5.75 Å². The van der Waals surface area contributed by atoms with Crippen LogP contribution in [0.15, 0.2) is 42.5 Å². The Kier molecular flexibility index (Phi) is 6.58. The smallest absolute Gasteiger partial charge is 0.279 e. The standard InChI is InChI=1S/C18H20ClFN2O2/c1-3-22(11-13-4-9-17(24-2)16(20)10-13)12-18(23)21-15-7-5-14(19)6-8-15/h4-10H,3,11-12H2,1-2H3,(H,21,23)/p+1. The van der Waals surface area contributed by atoms with E-state index in [4.69, 9.17) is 16.3 Å². The van der Waals surface area contributed by atoms with Gasteiger partial charge in [0.05, 0.1) is 13.7 Å². The zero-order valence-electron chi connectivity index (χ0n) is 13.7. The fourth-order valence-electron chi connectivity index (χ4n) is 2.39. The summed E-state index contributed by atoms with van der Waals surface area (Å²) in [5.41, 5.74) is 1.53. The predicted molar refractivity (Wildman–Crippen MR) is 93.1 cm³/mol. The fraction of sp³-hybridized carbons (Fsp3) is 0.278. The molecule has 0 aliphatic heterocycles. The van der Waals surface area contributed by atoms with E-state index < -0.39 is 5.82 Å². The molecule has 1 amide bonds. The van der Waals surface area contributed by atoms with Crippen molar-refractivity contribution in [2.45, 2.75) is 13.5 Å². The lowest BCUT2D eigenvalue weighted by atomic mass is 10.2. The highest BCUT2D eigenvalue weighted by Gasteiger charge is 2.14. The highest BCUT2D eigenvalue weighted by atomic mass is 35.5. The molecule has 0 aromatic heterocycles. The summed E-state index contributed by atoms with van der Waals surface area (Å²) in [5.74, 6) is -0.267. The maximum absolute atomic E-state index is 13.8. The van der Waals surface area contributed by atoms with E-state index in [0.717, 1.165) is 17.0 Å². The van der Waals surface area contributed by atoms with Gasteiger partial charge in [-0.15, -0.1) is 0 Å². The number of carbonyl (C=O) groups is 1. The van der Waals surface area contributed by atoms with Crippen molar-refractivity contribution >= 4 is 23.2 Å². The van der Waals surface area contributed by atoms with Gasteiger partial charge < -0.3 is 15.0 Å². The molecular weight excluding hydrogens is 331 g/mol. The lowest BCUT2D eigenvalue weighted by Crippen LogP contribution is -3.11. The summed E-state index contributed by atoms with van der Waals surface area (Å²) in [5, 5.41) is 3.46. The van der Waals surface area contributed by atoms with Crippen LogP contribution in [0.2, 0.25) is 5.02 Å². The van der Waals surface area contributed by atoms with E-state index in [1.54, 1.807) is 30.3 Å². The van der Waals surface area contributed by atoms with Gasteiger partial charge in [0, 0.05) is 16.3 Å². The van der Waals surface area contributed by atoms with E-state index in [0.29, 0.717) is 23.8 Å². The van der Waals surface area contributed by atoms with E-state index in [1.165, 1.54) is 13.2 Å². The van der Waals surface area contributed by atoms with Gasteiger partial charge in [-0.1, -0.05) is 11.6 Å². The van der Waals surface area contributed by atoms with Crippen LogP contribution in [0.25, 0.3) is 0 Å². The maximum Gasteiger partial charge on any atom is 0.279 e. The number of hydrogen-bond acceptors (Lipinski definition) is 2. The monoisotopic (exact) mass is 351 g/mol. The molecule has 4 nitrogen and oxygen atoms in total. The molecule has 6 heteroatoms. The van der Waals surface area contributed by atoms with Crippen LogP contribution >= 0.6 is 11.6 Å². The van der Waals surface area contributed by atoms with E-state index in [2.05, 4.69) is 5.32 Å². The van der Waals surface area contributed by atoms with Crippen molar-refractivity contribution in [2.75, 3.05) is 25.5 Å². The first-order valence-electron chi connectivity index (χ1n) is 7.73. The normalized spacial score (nSPS) is 11.8. The van der Waals surface area contributed by atoms with Crippen LogP contribution in [0.4, 0.5) is 10.1 Å². The van der Waals surface area contributed by atoms with E-state index >= 15 is 0 Å². The molecule has 2 aromatic rings. The van der Waals surface area contributed by atoms with Crippen LogP contribution in [-0.4, -0.2) is 26.1 Å². The van der Waals surface area contributed by atoms with Crippen LogP contribution in [0.3, 0.4) is 0 Å². The molecule has 0 radical (unpaired) electrons. The summed E-state index contributed by atoms with van der Waals surface area (Å²) in [6.45, 7) is 3.60. The third-order valence-electron chi connectivity index (χ3n) is 3.71. The molecule has 24 heavy (non-hydrogen) atoms. The maximum atomic E-state index is 13.8. The summed E-state index contributed by atoms with van der Waals surface area (Å²) < 4.78 is 18.7. The molecule has 1 unspecified atom stereocenters. The quantitative estimate of drug-likeness (QED) is 0.805. The largest absolute Gasteiger partial charge is 0.494 e. The lowest BCUT2D eigenvalue weighted by molar-refractivity contribution is -0.903. The van der Waals surface area contributed by atoms with Crippen molar-refractivity contribution in [2.24, 2.45) is 0 Å². The van der Waals surface area contributed by atoms with Crippen molar-refractivity contribution in [1.82, 2.24) is 0 Å². The van der Waals surface area contributed by atoms with Crippen molar-refractivity contribution in [3.63, 3.8) is 0 Å². The minimum Gasteiger partial charge on any atom is -0.494 e. The number of anilines is 1. The molecule has 0 aliphatic rings. The van der Waals surface area contributed by atoms with E-state index in [-0.39, 0.29) is 11.7 Å². The number of rotatable bonds is 7. The first-order chi connectivity index (χ1) is 11.5. The molecular formula is C18H21ClFN2O2+. The van der Waals surface area contributed by atoms with Crippen molar-refractivity contribution in [3.05, 3.63) is 58.9 Å². The summed E-state index contributed by atoms with van der Waals surface area (Å²) in [6.07, 6.45) is 0. The Labute approximate surface area is 146 Å². The number of amides is 1. The van der Waals surface area contributed by atoms with Gasteiger partial charge in [-0.3, -0.25) is 4.79 Å². The van der Waals surface area contributed by atoms with Crippen molar-refractivity contribution in [1.29, 1.82) is 0 Å². The van der Waals surface area contributed by atoms with Gasteiger partial charge in [0.25, 0.3) is 5.91 Å². The van der Waals surface area contributed by atoms with Gasteiger partial charge in [-0.2, -0.15) is 0 Å². The molecule has 2 aromatic carbocycles. The average molecular weight is 352 g/mol. The first-order valence-corrected chi connectivity index (χ1v) is 8.11. The van der Waals surface area contributed by atoms with Gasteiger partial charge >= 0.3 is 0 Å². The van der Waals surface area contributed by atoms with Gasteiger partial charge in [0.2, 0.25) is 0 Å². The predicted octanol–water partition coefficient (Wildman–Crippen LogP) is 2.53. The van der Waals surface area contributed by atoms with E-state index in [9.17, 15) is 9.18 Å². The SMILES string of the molecule is CC[NH+](CC(=O)Nc1ccc(Cl)cc1)Cc1ccc(OC)c(F)c1. The molecule has 0 fully saturated rings. The Morgan fingerprint density at radius 3 is 2.54 bits per heavy atom. The number of quaternary nitrogens is 1. The number of halogens is 2. The molecule has 0 bridgehead atoms. The molecule has 0 saturated heterocycles. The minimum absolute atomic E-state index is 0.0943. The Hall–Kier alpha value is -2.11. The van der Waals surface area contributed by atoms with Gasteiger partial charge in [0.15, 0.2) is 18.1 Å². The van der Waals surface area contributed by atoms with Gasteiger partial charge in [0.1, 0.15) is 6.54 Å². The highest BCUT2D eigenvalue weighted by Crippen LogP contribution is 2.17. The minimum atomic E-state index is -0.393. The molecule has 0 aliphatic carbocycles. The molecule has 0 saturated carbocycles. The number of likely N-dealkylation sites (N-methyl/N-ethyl adjacent to an activating group) is 1. The second-order valence-corrected chi connectivity index (χ2v) is 5.92. The molecule has 128 valence electrons. The number of nitrogens with one attached hydrogen (secondary N) is 2. The summed E-state index contributed by atoms with van der Waals surface area (Å²) in [4.78, 5) is 13.2. The number of carbonyl (C=O) groups excluding carboxylic acids is 1. The summed E-state index contributed by atoms with van der Waals surface area (Å²) in [6, 6.07) is 11.8. The molecule has 0 spiro atoms. The Morgan fingerprint density at radius 1 is 1.25 bits per heavy atom. The van der Waals surface area contributed by atoms with Crippen LogP contribution < -0.4 is 15.0 Å². The average Bonchev–Trinajstić information content (AvgIpc) is 2.56. The zero-order chi connectivity index (χ0) is 17.5. The number of ether oxygens (including phenoxy) is 1. The van der Waals surface area contributed by atoms with Crippen LogP contribution in [0, 0.1) is 5.82 Å². The summed E-state index contributed by atoms with van der Waals surface area (Å²) >= 11 is 5.82. The first kappa shape index (κ1) is 18.2. The molecule has 1 atom stereocenters. The third-order valence-corrected chi connectivity index (χ3v) is 3.96. The second kappa shape index (κ2) is 8.66. The fourth-order valence-corrected chi connectivity index (χ4v) is 2.51. The Balaban J connectivity index is 1.94.